The van der Waals surface area contributed by atoms with Crippen molar-refractivity contribution in [1.82, 2.24) is 4.98 Å². The summed E-state index contributed by atoms with van der Waals surface area (Å²) in [6.07, 6.45) is -5.23. The summed E-state index contributed by atoms with van der Waals surface area (Å²) in [7, 11) is 0.0774. The van der Waals surface area contributed by atoms with Crippen LogP contribution in [0, 0.1) is 10.1 Å². The van der Waals surface area contributed by atoms with Crippen molar-refractivity contribution in [1.29, 1.82) is 0 Å². The minimum Gasteiger partial charge on any atom is -0.399 e. The van der Waals surface area contributed by atoms with E-state index in [1.807, 2.05) is 0 Å². The summed E-state index contributed by atoms with van der Waals surface area (Å²) in [5.74, 6) is -2.30. The first-order valence-corrected chi connectivity index (χ1v) is 7.07. The van der Waals surface area contributed by atoms with Gasteiger partial charge >= 0.3 is 26.3 Å². The van der Waals surface area contributed by atoms with E-state index in [1.54, 1.807) is 0 Å². The fraction of sp³-hybridized carbons (Fsp3) is 0.167. The Morgan fingerprint density at radius 3 is 2.37 bits per heavy atom. The van der Waals surface area contributed by atoms with E-state index in [4.69, 9.17) is 10.7 Å². The highest BCUT2D eigenvalue weighted by atomic mass is 79.9. The lowest BCUT2D eigenvalue weighted by Crippen LogP contribution is -2.19. The number of nitro groups is 1. The number of rotatable bonds is 3. The van der Waals surface area contributed by atoms with E-state index in [-0.39, 0.29) is 0 Å². The Morgan fingerprint density at radius 1 is 1.47 bits per heavy atom. The molecule has 0 aliphatic rings. The highest BCUT2D eigenvalue weighted by Crippen LogP contribution is 2.38. The quantitative estimate of drug-likeness (QED) is 0.450. The highest BCUT2D eigenvalue weighted by molar-refractivity contribution is 9.10. The summed E-state index contributed by atoms with van der Waals surface area (Å²) in [5, 5.41) is 9.04. The van der Waals surface area contributed by atoms with Gasteiger partial charge in [-0.25, -0.2) is 8.42 Å². The summed E-state index contributed by atoms with van der Waals surface area (Å²) >= 11 is 2.52. The van der Waals surface area contributed by atoms with Gasteiger partial charge in [-0.3, -0.25) is 0 Å². The molecule has 0 saturated carbocycles. The number of ether oxygens (including phenoxy) is 1. The van der Waals surface area contributed by atoms with Crippen LogP contribution in [0.25, 0.3) is 0 Å². The molecule has 0 unspecified atom stereocenters. The minimum atomic E-state index is -5.23. The molecule has 1 aromatic heterocycles. The second-order valence-corrected chi connectivity index (χ2v) is 6.17. The Hall–Kier alpha value is -1.14. The third-order valence-electron chi connectivity index (χ3n) is 1.52. The number of nitrogens with zero attached hydrogens (tertiary/aromatic N) is 2. The van der Waals surface area contributed by atoms with Gasteiger partial charge in [-0.1, -0.05) is 0 Å². The van der Waals surface area contributed by atoms with E-state index in [0.717, 1.165) is 0 Å². The molecule has 7 nitrogen and oxygen atoms in total. The zero-order chi connectivity index (χ0) is 15.0. The lowest BCUT2D eigenvalue weighted by Gasteiger charge is -2.10. The molecule has 0 amide bonds. The van der Waals surface area contributed by atoms with Crippen LogP contribution in [0.5, 0.6) is 5.75 Å². The van der Waals surface area contributed by atoms with Gasteiger partial charge in [-0.05, 0) is 25.8 Å². The van der Waals surface area contributed by atoms with Gasteiger partial charge in [0.05, 0.1) is 10.5 Å². The van der Waals surface area contributed by atoms with Gasteiger partial charge in [-0.15, -0.1) is 13.2 Å². The monoisotopic (exact) mass is 384 g/mol. The summed E-state index contributed by atoms with van der Waals surface area (Å²) in [6.45, 7) is 0. The molecule has 0 aromatic carbocycles. The van der Waals surface area contributed by atoms with Crippen LogP contribution in [0.1, 0.15) is 0 Å². The number of halogens is 5. The molecular formula is C6HBrClF3N2O5S. The second kappa shape index (κ2) is 5.09. The third-order valence-corrected chi connectivity index (χ3v) is 3.28. The van der Waals surface area contributed by atoms with E-state index < -0.39 is 41.4 Å². The molecule has 106 valence electrons. The fourth-order valence-corrected chi connectivity index (χ4v) is 2.43. The maximum absolute atomic E-state index is 12.1. The number of pyridine rings is 1. The summed E-state index contributed by atoms with van der Waals surface area (Å²) in [5.41, 5.74) is 0. The van der Waals surface area contributed by atoms with E-state index in [0.29, 0.717) is 6.07 Å². The van der Waals surface area contributed by atoms with Crippen LogP contribution in [-0.4, -0.2) is 24.7 Å². The summed E-state index contributed by atoms with van der Waals surface area (Å²) < 4.78 is 61.3. The fourth-order valence-electron chi connectivity index (χ4n) is 0.935. The molecule has 0 spiro atoms. The van der Waals surface area contributed by atoms with Crippen molar-refractivity contribution in [2.45, 2.75) is 11.4 Å². The van der Waals surface area contributed by atoms with E-state index >= 15 is 0 Å². The molecule has 0 aliphatic carbocycles. The molecule has 0 fully saturated rings. The van der Waals surface area contributed by atoms with Gasteiger partial charge < -0.3 is 14.9 Å². The molecule has 0 N–H and O–H groups in total. The first kappa shape index (κ1) is 15.9. The molecule has 0 radical (unpaired) electrons. The van der Waals surface area contributed by atoms with Crippen molar-refractivity contribution in [3.05, 3.63) is 20.7 Å². The molecule has 1 aromatic rings. The standard InChI is InChI=1S/C6HBrClF3N2O5S/c7-2-1-3(13(14)15)12-5(19(8,16)17)4(2)18-6(9,10)11/h1H. The van der Waals surface area contributed by atoms with Gasteiger partial charge in [0.2, 0.25) is 5.75 Å². The molecule has 0 bridgehead atoms. The SMILES string of the molecule is O=[N+]([O-])c1cc(Br)c(OC(F)(F)F)c(S(=O)(=O)Cl)n1. The number of hydrogen-bond donors (Lipinski definition) is 0. The highest BCUT2D eigenvalue weighted by Gasteiger charge is 2.39. The Morgan fingerprint density at radius 2 is 2.00 bits per heavy atom. The minimum absolute atomic E-state index is 0.548. The van der Waals surface area contributed by atoms with E-state index in [2.05, 4.69) is 25.7 Å². The van der Waals surface area contributed by atoms with Crippen LogP contribution in [-0.2, 0) is 9.05 Å². The van der Waals surface area contributed by atoms with Gasteiger partial charge in [0.15, 0.2) is 0 Å². The Kier molecular flexibility index (Phi) is 4.27. The smallest absolute Gasteiger partial charge is 0.399 e. The summed E-state index contributed by atoms with van der Waals surface area (Å²) in [4.78, 5) is 12.3. The van der Waals surface area contributed by atoms with Crippen molar-refractivity contribution < 1.29 is 31.2 Å². The van der Waals surface area contributed by atoms with Gasteiger partial charge in [0.1, 0.15) is 0 Å². The molecule has 13 heteroatoms. The maximum atomic E-state index is 12.1. The lowest BCUT2D eigenvalue weighted by molar-refractivity contribution is -0.390. The zero-order valence-corrected chi connectivity index (χ0v) is 11.5. The topological polar surface area (TPSA) is 99.4 Å². The average Bonchev–Trinajstić information content (AvgIpc) is 2.16. The lowest BCUT2D eigenvalue weighted by atomic mass is 10.4. The molecule has 1 heterocycles. The van der Waals surface area contributed by atoms with Crippen LogP contribution < -0.4 is 4.74 Å². The molecular weight excluding hydrogens is 384 g/mol. The number of aromatic nitrogens is 1. The van der Waals surface area contributed by atoms with Crippen molar-refractivity contribution in [3.63, 3.8) is 0 Å². The molecule has 1 rings (SSSR count). The normalized spacial score (nSPS) is 12.3. The van der Waals surface area contributed by atoms with Gasteiger partial charge in [0, 0.05) is 10.7 Å². The predicted octanol–water partition coefficient (Wildman–Crippen LogP) is 2.58. The van der Waals surface area contributed by atoms with Crippen molar-refractivity contribution in [2.75, 3.05) is 0 Å². The van der Waals surface area contributed by atoms with Crippen molar-refractivity contribution in [3.8, 4) is 5.75 Å². The predicted molar refractivity (Wildman–Crippen MR) is 58.3 cm³/mol. The Bertz CT molecular complexity index is 634. The summed E-state index contributed by atoms with van der Waals surface area (Å²) in [6, 6.07) is 0.548. The van der Waals surface area contributed by atoms with Crippen molar-refractivity contribution >= 4 is 41.5 Å². The van der Waals surface area contributed by atoms with Crippen LogP contribution in [0.4, 0.5) is 19.0 Å². The van der Waals surface area contributed by atoms with Gasteiger partial charge in [-0.2, -0.15) is 0 Å². The van der Waals surface area contributed by atoms with Crippen LogP contribution in [0.2, 0.25) is 0 Å². The Labute approximate surface area is 116 Å². The molecule has 0 atom stereocenters. The first-order chi connectivity index (χ1) is 8.42. The van der Waals surface area contributed by atoms with Crippen molar-refractivity contribution in [2.24, 2.45) is 0 Å². The Balaban J connectivity index is 3.58. The molecule has 19 heavy (non-hydrogen) atoms. The van der Waals surface area contributed by atoms with Crippen LogP contribution in [0.3, 0.4) is 0 Å². The van der Waals surface area contributed by atoms with E-state index in [1.165, 1.54) is 0 Å². The largest absolute Gasteiger partial charge is 0.573 e. The first-order valence-electron chi connectivity index (χ1n) is 3.97. The zero-order valence-electron chi connectivity index (χ0n) is 8.31. The third kappa shape index (κ3) is 4.18. The average molecular weight is 386 g/mol. The maximum Gasteiger partial charge on any atom is 0.573 e. The number of hydrogen-bond acceptors (Lipinski definition) is 6. The molecule has 0 aliphatic heterocycles. The van der Waals surface area contributed by atoms with Crippen LogP contribution >= 0.6 is 26.6 Å². The van der Waals surface area contributed by atoms with Gasteiger partial charge in [0.25, 0.3) is 0 Å². The molecule has 0 saturated heterocycles. The van der Waals surface area contributed by atoms with Crippen LogP contribution in [0.15, 0.2) is 15.6 Å². The number of alkyl halides is 3. The second-order valence-electron chi connectivity index (χ2n) is 2.84. The van der Waals surface area contributed by atoms with E-state index in [9.17, 15) is 31.7 Å².